The molecule has 2 heterocycles. The molecule has 0 radical (unpaired) electrons. The number of carbonyl (C=O) groups excluding carboxylic acids is 2. The van der Waals surface area contributed by atoms with Crippen molar-refractivity contribution in [3.05, 3.63) is 83.7 Å². The third-order valence-corrected chi connectivity index (χ3v) is 7.47. The number of benzene rings is 3. The monoisotopic (exact) mass is 559 g/mol. The molecule has 11 heteroatoms. The van der Waals surface area contributed by atoms with Gasteiger partial charge in [-0.15, -0.1) is 10.2 Å². The zero-order valence-corrected chi connectivity index (χ0v) is 23.2. The molecule has 0 unspecified atom stereocenters. The predicted molar refractivity (Wildman–Crippen MR) is 152 cm³/mol. The first-order valence-corrected chi connectivity index (χ1v) is 13.6. The Balaban J connectivity index is 1.38. The average Bonchev–Trinajstić information content (AvgIpc) is 3.62. The molecule has 1 aromatic heterocycles. The van der Waals surface area contributed by atoms with Crippen LogP contribution >= 0.6 is 11.8 Å². The van der Waals surface area contributed by atoms with Crippen LogP contribution in [0.15, 0.2) is 71.9 Å². The average molecular weight is 560 g/mol. The standard InChI is InChI=1S/C29H29N5O5S/c1-37-21-14-20(15-22(16-21)38-2)28(36)30-17-26-31-32-29(34(26)24-10-6-7-11-25(24)39-3)40-18-27(35)33-13-12-19-8-4-5-9-23(19)33/h4-11,14-16H,12-13,17-18H2,1-3H3,(H,30,36). The summed E-state index contributed by atoms with van der Waals surface area (Å²) in [7, 11) is 4.64. The first-order chi connectivity index (χ1) is 19.5. The quantitative estimate of drug-likeness (QED) is 0.292. The molecule has 1 N–H and O–H groups in total. The molecule has 4 aromatic rings. The summed E-state index contributed by atoms with van der Waals surface area (Å²) in [5.74, 6) is 1.94. The minimum Gasteiger partial charge on any atom is -0.497 e. The Morgan fingerprint density at radius 1 is 0.900 bits per heavy atom. The summed E-state index contributed by atoms with van der Waals surface area (Å²) >= 11 is 1.29. The lowest BCUT2D eigenvalue weighted by Gasteiger charge is -2.17. The highest BCUT2D eigenvalue weighted by atomic mass is 32.2. The molecule has 1 aliphatic heterocycles. The lowest BCUT2D eigenvalue weighted by Crippen LogP contribution is -2.30. The third-order valence-electron chi connectivity index (χ3n) is 6.56. The number of hydrogen-bond acceptors (Lipinski definition) is 8. The van der Waals surface area contributed by atoms with Crippen LogP contribution < -0.4 is 24.4 Å². The number of nitrogens with one attached hydrogen (secondary N) is 1. The van der Waals surface area contributed by atoms with Crippen LogP contribution in [0.2, 0.25) is 0 Å². The number of ether oxygens (including phenoxy) is 3. The highest BCUT2D eigenvalue weighted by Crippen LogP contribution is 2.31. The first kappa shape index (κ1) is 27.1. The van der Waals surface area contributed by atoms with Crippen LogP contribution in [-0.4, -0.2) is 60.2 Å². The van der Waals surface area contributed by atoms with Gasteiger partial charge in [-0.3, -0.25) is 14.2 Å². The summed E-state index contributed by atoms with van der Waals surface area (Å²) in [5.41, 5.74) is 3.20. The fourth-order valence-electron chi connectivity index (χ4n) is 4.57. The smallest absolute Gasteiger partial charge is 0.251 e. The van der Waals surface area contributed by atoms with Gasteiger partial charge in [0, 0.05) is 23.9 Å². The molecule has 0 saturated carbocycles. The maximum Gasteiger partial charge on any atom is 0.251 e. The second-order valence-corrected chi connectivity index (χ2v) is 9.85. The zero-order chi connectivity index (χ0) is 28.1. The van der Waals surface area contributed by atoms with E-state index >= 15 is 0 Å². The van der Waals surface area contributed by atoms with Gasteiger partial charge >= 0.3 is 0 Å². The van der Waals surface area contributed by atoms with Crippen molar-refractivity contribution in [3.63, 3.8) is 0 Å². The molecule has 206 valence electrons. The van der Waals surface area contributed by atoms with Gasteiger partial charge in [-0.1, -0.05) is 42.1 Å². The Morgan fingerprint density at radius 2 is 1.60 bits per heavy atom. The maximum atomic E-state index is 13.2. The normalized spacial score (nSPS) is 12.1. The summed E-state index contributed by atoms with van der Waals surface area (Å²) in [6.07, 6.45) is 0.840. The van der Waals surface area contributed by atoms with E-state index in [9.17, 15) is 9.59 Å². The van der Waals surface area contributed by atoms with Gasteiger partial charge < -0.3 is 24.4 Å². The van der Waals surface area contributed by atoms with E-state index in [1.807, 2.05) is 47.4 Å². The van der Waals surface area contributed by atoms with Gasteiger partial charge in [-0.25, -0.2) is 0 Å². The molecule has 40 heavy (non-hydrogen) atoms. The highest BCUT2D eigenvalue weighted by Gasteiger charge is 2.26. The number of carbonyl (C=O) groups is 2. The number of fused-ring (bicyclic) bond motifs is 1. The van der Waals surface area contributed by atoms with Gasteiger partial charge in [0.05, 0.1) is 39.3 Å². The summed E-state index contributed by atoms with van der Waals surface area (Å²) in [6.45, 7) is 0.738. The van der Waals surface area contributed by atoms with Crippen LogP contribution in [-0.2, 0) is 17.8 Å². The van der Waals surface area contributed by atoms with Crippen LogP contribution in [0.5, 0.6) is 17.2 Å². The Hall–Kier alpha value is -4.51. The Morgan fingerprint density at radius 3 is 2.33 bits per heavy atom. The SMILES string of the molecule is COc1cc(OC)cc(C(=O)NCc2nnc(SCC(=O)N3CCc4ccccc43)n2-c2ccccc2OC)c1. The van der Waals surface area contributed by atoms with E-state index in [-0.39, 0.29) is 24.1 Å². The molecule has 1 aliphatic rings. The summed E-state index contributed by atoms with van der Waals surface area (Å²) in [4.78, 5) is 28.0. The molecule has 0 aliphatic carbocycles. The zero-order valence-electron chi connectivity index (χ0n) is 22.4. The fraction of sp³-hybridized carbons (Fsp3) is 0.241. The van der Waals surface area contributed by atoms with E-state index < -0.39 is 0 Å². The van der Waals surface area contributed by atoms with Gasteiger partial charge in [0.2, 0.25) is 5.91 Å². The van der Waals surface area contributed by atoms with Crippen molar-refractivity contribution in [2.24, 2.45) is 0 Å². The largest absolute Gasteiger partial charge is 0.497 e. The molecular weight excluding hydrogens is 530 g/mol. The van der Waals surface area contributed by atoms with E-state index in [2.05, 4.69) is 21.6 Å². The van der Waals surface area contributed by atoms with Crippen LogP contribution in [0.1, 0.15) is 21.7 Å². The van der Waals surface area contributed by atoms with Gasteiger partial charge in [-0.2, -0.15) is 0 Å². The number of hydrogen-bond donors (Lipinski definition) is 1. The number of para-hydroxylation sites is 3. The number of amides is 2. The summed E-state index contributed by atoms with van der Waals surface area (Å²) < 4.78 is 18.0. The molecule has 0 atom stereocenters. The Kier molecular flexibility index (Phi) is 8.20. The number of rotatable bonds is 10. The van der Waals surface area contributed by atoms with E-state index in [4.69, 9.17) is 14.2 Å². The van der Waals surface area contributed by atoms with Crippen molar-refractivity contribution in [2.75, 3.05) is 38.5 Å². The lowest BCUT2D eigenvalue weighted by atomic mass is 10.2. The molecule has 5 rings (SSSR count). The van der Waals surface area contributed by atoms with Gasteiger partial charge in [0.1, 0.15) is 17.2 Å². The number of methoxy groups -OCH3 is 3. The first-order valence-electron chi connectivity index (χ1n) is 12.6. The van der Waals surface area contributed by atoms with E-state index in [0.29, 0.717) is 46.0 Å². The van der Waals surface area contributed by atoms with Crippen LogP contribution in [0.4, 0.5) is 5.69 Å². The number of aromatic nitrogens is 3. The minimum atomic E-state index is -0.330. The second-order valence-electron chi connectivity index (χ2n) is 8.90. The minimum absolute atomic E-state index is 0.00801. The highest BCUT2D eigenvalue weighted by molar-refractivity contribution is 7.99. The third kappa shape index (κ3) is 5.59. The number of nitrogens with zero attached hydrogens (tertiary/aromatic N) is 4. The van der Waals surface area contributed by atoms with E-state index in [1.54, 1.807) is 29.9 Å². The molecule has 0 spiro atoms. The predicted octanol–water partition coefficient (Wildman–Crippen LogP) is 3.90. The van der Waals surface area contributed by atoms with Crippen molar-refractivity contribution >= 4 is 29.3 Å². The Labute approximate surface area is 236 Å². The van der Waals surface area contributed by atoms with Crippen LogP contribution in [0.3, 0.4) is 0 Å². The summed E-state index contributed by atoms with van der Waals surface area (Å²) in [6, 6.07) is 20.4. The topological polar surface area (TPSA) is 108 Å². The van der Waals surface area contributed by atoms with Crippen molar-refractivity contribution in [3.8, 4) is 22.9 Å². The van der Waals surface area contributed by atoms with Gasteiger partial charge in [0.15, 0.2) is 11.0 Å². The fourth-order valence-corrected chi connectivity index (χ4v) is 5.41. The van der Waals surface area contributed by atoms with Crippen molar-refractivity contribution in [1.82, 2.24) is 20.1 Å². The van der Waals surface area contributed by atoms with Crippen molar-refractivity contribution < 1.29 is 23.8 Å². The maximum absolute atomic E-state index is 13.2. The molecule has 0 fully saturated rings. The molecule has 10 nitrogen and oxygen atoms in total. The van der Waals surface area contributed by atoms with Crippen LogP contribution in [0, 0.1) is 0 Å². The summed E-state index contributed by atoms with van der Waals surface area (Å²) in [5, 5.41) is 12.1. The van der Waals surface area contributed by atoms with E-state index in [0.717, 1.165) is 12.1 Å². The molecule has 0 bridgehead atoms. The number of thioether (sulfide) groups is 1. The Bertz CT molecular complexity index is 1520. The molecule has 3 aromatic carbocycles. The van der Waals surface area contributed by atoms with Crippen molar-refractivity contribution in [1.29, 1.82) is 0 Å². The van der Waals surface area contributed by atoms with E-state index in [1.165, 1.54) is 31.5 Å². The molecular formula is C29H29N5O5S. The number of anilines is 1. The van der Waals surface area contributed by atoms with Crippen LogP contribution in [0.25, 0.3) is 5.69 Å². The molecule has 2 amide bonds. The van der Waals surface area contributed by atoms with Gasteiger partial charge in [0.25, 0.3) is 5.91 Å². The van der Waals surface area contributed by atoms with Gasteiger partial charge in [-0.05, 0) is 42.3 Å². The second kappa shape index (κ2) is 12.1. The molecule has 0 saturated heterocycles. The van der Waals surface area contributed by atoms with Crippen molar-refractivity contribution in [2.45, 2.75) is 18.1 Å². The lowest BCUT2D eigenvalue weighted by molar-refractivity contribution is -0.116.